The highest BCUT2D eigenvalue weighted by Crippen LogP contribution is 2.29. The fourth-order valence-corrected chi connectivity index (χ4v) is 3.32. The molecule has 2 atom stereocenters. The van der Waals surface area contributed by atoms with Gasteiger partial charge in [0, 0.05) is 38.4 Å². The number of hydrogen-bond donors (Lipinski definition) is 2. The van der Waals surface area contributed by atoms with Crippen LogP contribution in [0.3, 0.4) is 0 Å². The summed E-state index contributed by atoms with van der Waals surface area (Å²) in [4.78, 5) is 18.6. The number of benzene rings is 1. The van der Waals surface area contributed by atoms with Crippen molar-refractivity contribution in [2.24, 2.45) is 13.0 Å². The number of aromatic nitrogens is 2. The van der Waals surface area contributed by atoms with Crippen LogP contribution in [0.15, 0.2) is 36.7 Å². The predicted octanol–water partition coefficient (Wildman–Crippen LogP) is 1.64. The van der Waals surface area contributed by atoms with Crippen molar-refractivity contribution in [1.29, 1.82) is 0 Å². The number of nitrogens with zero attached hydrogens (tertiary/aromatic N) is 3. The zero-order chi connectivity index (χ0) is 17.1. The summed E-state index contributed by atoms with van der Waals surface area (Å²) in [6, 6.07) is 6.78. The summed E-state index contributed by atoms with van der Waals surface area (Å²) in [5.41, 5.74) is 0.798. The third-order valence-corrected chi connectivity index (χ3v) is 4.65. The Morgan fingerprint density at radius 1 is 1.46 bits per heavy atom. The Morgan fingerprint density at radius 2 is 2.29 bits per heavy atom. The zero-order valence-electron chi connectivity index (χ0n) is 13.8. The van der Waals surface area contributed by atoms with E-state index < -0.39 is 6.10 Å². The number of piperidine rings is 1. The molecule has 2 unspecified atom stereocenters. The number of aromatic hydroxyl groups is 1. The molecule has 1 saturated heterocycles. The number of rotatable bonds is 4. The van der Waals surface area contributed by atoms with Gasteiger partial charge in [-0.05, 0) is 30.5 Å². The number of hydrogen-bond acceptors (Lipinski definition) is 4. The summed E-state index contributed by atoms with van der Waals surface area (Å²) in [7, 11) is 1.86. The largest absolute Gasteiger partial charge is 0.508 e. The summed E-state index contributed by atoms with van der Waals surface area (Å²) in [6.07, 6.45) is 4.83. The molecule has 2 aromatic rings. The highest BCUT2D eigenvalue weighted by atomic mass is 16.3. The molecule has 24 heavy (non-hydrogen) atoms. The number of phenolic OH excluding ortho intramolecular Hbond substituents is 1. The Balaban J connectivity index is 1.64. The number of aryl methyl sites for hydroxylation is 1. The summed E-state index contributed by atoms with van der Waals surface area (Å²) >= 11 is 0. The maximum Gasteiger partial charge on any atom is 0.227 e. The van der Waals surface area contributed by atoms with Crippen LogP contribution in [-0.2, 0) is 18.3 Å². The monoisotopic (exact) mass is 329 g/mol. The molecule has 2 N–H and O–H groups in total. The molecule has 0 radical (unpaired) electrons. The minimum atomic E-state index is -0.665. The number of likely N-dealkylation sites (tertiary alicyclic amines) is 1. The molecule has 0 aliphatic carbocycles. The first-order chi connectivity index (χ1) is 11.5. The van der Waals surface area contributed by atoms with Gasteiger partial charge in [0.2, 0.25) is 5.91 Å². The van der Waals surface area contributed by atoms with Crippen LogP contribution in [0.25, 0.3) is 0 Å². The SMILES string of the molecule is Cn1ccnc1C(O)C1CCCN(C(=O)Cc2cccc(O)c2)C1. The number of aliphatic hydroxyl groups is 1. The Kier molecular flexibility index (Phi) is 4.85. The van der Waals surface area contributed by atoms with Crippen molar-refractivity contribution in [2.75, 3.05) is 13.1 Å². The van der Waals surface area contributed by atoms with Crippen molar-refractivity contribution >= 4 is 5.91 Å². The van der Waals surface area contributed by atoms with E-state index in [1.54, 1.807) is 24.4 Å². The van der Waals surface area contributed by atoms with E-state index in [0.29, 0.717) is 18.9 Å². The summed E-state index contributed by atoms with van der Waals surface area (Å²) in [5, 5.41) is 20.1. The third kappa shape index (κ3) is 3.59. The molecule has 1 amide bonds. The maximum atomic E-state index is 12.5. The molecule has 0 bridgehead atoms. The quantitative estimate of drug-likeness (QED) is 0.894. The van der Waals surface area contributed by atoms with Crippen molar-refractivity contribution in [3.8, 4) is 5.75 Å². The van der Waals surface area contributed by atoms with E-state index >= 15 is 0 Å². The zero-order valence-corrected chi connectivity index (χ0v) is 13.8. The molecule has 1 aromatic heterocycles. The van der Waals surface area contributed by atoms with Crippen LogP contribution in [0.4, 0.5) is 0 Å². The number of carbonyl (C=O) groups excluding carboxylic acids is 1. The van der Waals surface area contributed by atoms with Gasteiger partial charge in [0.05, 0.1) is 6.42 Å². The lowest BCUT2D eigenvalue weighted by molar-refractivity contribution is -0.133. The smallest absolute Gasteiger partial charge is 0.227 e. The highest BCUT2D eigenvalue weighted by Gasteiger charge is 2.31. The van der Waals surface area contributed by atoms with Crippen LogP contribution in [-0.4, -0.2) is 43.7 Å². The molecular formula is C18H23N3O3. The first kappa shape index (κ1) is 16.5. The van der Waals surface area contributed by atoms with E-state index in [-0.39, 0.29) is 24.0 Å². The van der Waals surface area contributed by atoms with E-state index in [1.165, 1.54) is 0 Å². The lowest BCUT2D eigenvalue weighted by atomic mass is 9.91. The average Bonchev–Trinajstić information content (AvgIpc) is 3.00. The van der Waals surface area contributed by atoms with Gasteiger partial charge in [-0.2, -0.15) is 0 Å². The molecule has 3 rings (SSSR count). The van der Waals surface area contributed by atoms with E-state index in [2.05, 4.69) is 4.98 Å². The van der Waals surface area contributed by atoms with Crippen molar-refractivity contribution < 1.29 is 15.0 Å². The highest BCUT2D eigenvalue weighted by molar-refractivity contribution is 5.79. The lowest BCUT2D eigenvalue weighted by Crippen LogP contribution is -2.42. The topological polar surface area (TPSA) is 78.6 Å². The molecule has 0 saturated carbocycles. The molecule has 1 fully saturated rings. The number of imidazole rings is 1. The molecule has 2 heterocycles. The Hall–Kier alpha value is -2.34. The standard InChI is InChI=1S/C18H23N3O3/c1-20-9-7-19-18(20)17(24)14-5-3-8-21(12-14)16(23)11-13-4-2-6-15(22)10-13/h2,4,6-7,9-10,14,17,22,24H,3,5,8,11-12H2,1H3. The van der Waals surface area contributed by atoms with Gasteiger partial charge in [0.15, 0.2) is 0 Å². The van der Waals surface area contributed by atoms with Crippen molar-refractivity contribution in [3.63, 3.8) is 0 Å². The Labute approximate surface area is 141 Å². The van der Waals surface area contributed by atoms with Crippen LogP contribution in [0.5, 0.6) is 5.75 Å². The molecule has 1 aromatic carbocycles. The van der Waals surface area contributed by atoms with Gasteiger partial charge in [0.1, 0.15) is 17.7 Å². The third-order valence-electron chi connectivity index (χ3n) is 4.65. The maximum absolute atomic E-state index is 12.5. The fraction of sp³-hybridized carbons (Fsp3) is 0.444. The number of phenols is 1. The normalized spacial score (nSPS) is 19.2. The van der Waals surface area contributed by atoms with E-state index in [1.807, 2.05) is 28.8 Å². The molecule has 128 valence electrons. The molecule has 6 nitrogen and oxygen atoms in total. The van der Waals surface area contributed by atoms with Gasteiger partial charge in [-0.15, -0.1) is 0 Å². The Bertz CT molecular complexity index is 713. The molecule has 6 heteroatoms. The summed E-state index contributed by atoms with van der Waals surface area (Å²) in [6.45, 7) is 1.24. The van der Waals surface area contributed by atoms with Gasteiger partial charge in [-0.1, -0.05) is 12.1 Å². The van der Waals surface area contributed by atoms with Gasteiger partial charge < -0.3 is 19.7 Å². The fourth-order valence-electron chi connectivity index (χ4n) is 3.32. The van der Waals surface area contributed by atoms with Crippen LogP contribution < -0.4 is 0 Å². The van der Waals surface area contributed by atoms with Crippen LogP contribution >= 0.6 is 0 Å². The summed E-state index contributed by atoms with van der Waals surface area (Å²) in [5.74, 6) is 0.828. The molecular weight excluding hydrogens is 306 g/mol. The average molecular weight is 329 g/mol. The second kappa shape index (κ2) is 7.05. The van der Waals surface area contributed by atoms with Crippen molar-refractivity contribution in [2.45, 2.75) is 25.4 Å². The van der Waals surface area contributed by atoms with Crippen molar-refractivity contribution in [3.05, 3.63) is 48.0 Å². The van der Waals surface area contributed by atoms with Crippen molar-refractivity contribution in [1.82, 2.24) is 14.5 Å². The minimum absolute atomic E-state index is 0.00650. The Morgan fingerprint density at radius 3 is 3.00 bits per heavy atom. The minimum Gasteiger partial charge on any atom is -0.508 e. The van der Waals surface area contributed by atoms with Crippen LogP contribution in [0, 0.1) is 5.92 Å². The molecule has 1 aliphatic heterocycles. The van der Waals surface area contributed by atoms with Crippen LogP contribution in [0.1, 0.15) is 30.3 Å². The van der Waals surface area contributed by atoms with E-state index in [4.69, 9.17) is 0 Å². The number of amides is 1. The van der Waals surface area contributed by atoms with Gasteiger partial charge in [-0.3, -0.25) is 4.79 Å². The van der Waals surface area contributed by atoms with Gasteiger partial charge in [-0.25, -0.2) is 4.98 Å². The van der Waals surface area contributed by atoms with E-state index in [9.17, 15) is 15.0 Å². The molecule has 0 spiro atoms. The predicted molar refractivity (Wildman–Crippen MR) is 89.3 cm³/mol. The molecule has 1 aliphatic rings. The first-order valence-electron chi connectivity index (χ1n) is 8.25. The summed E-state index contributed by atoms with van der Waals surface area (Å²) < 4.78 is 1.82. The van der Waals surface area contributed by atoms with Gasteiger partial charge in [0.25, 0.3) is 0 Å². The number of carbonyl (C=O) groups is 1. The van der Waals surface area contributed by atoms with E-state index in [0.717, 1.165) is 18.4 Å². The second-order valence-corrected chi connectivity index (χ2v) is 6.43. The second-order valence-electron chi connectivity index (χ2n) is 6.43. The van der Waals surface area contributed by atoms with Crippen LogP contribution in [0.2, 0.25) is 0 Å². The lowest BCUT2D eigenvalue weighted by Gasteiger charge is -2.35. The number of aliphatic hydroxyl groups excluding tert-OH is 1. The van der Waals surface area contributed by atoms with Gasteiger partial charge >= 0.3 is 0 Å². The first-order valence-corrected chi connectivity index (χ1v) is 8.25.